The van der Waals surface area contributed by atoms with Crippen LogP contribution in [0.5, 0.6) is 0 Å². The molecule has 1 saturated heterocycles. The summed E-state index contributed by atoms with van der Waals surface area (Å²) in [6, 6.07) is 17.7. The molecule has 0 spiro atoms. The lowest BCUT2D eigenvalue weighted by Gasteiger charge is -2.43. The van der Waals surface area contributed by atoms with Crippen LogP contribution in [0.1, 0.15) is 22.7 Å². The van der Waals surface area contributed by atoms with Crippen LogP contribution in [0.25, 0.3) is 0 Å². The minimum absolute atomic E-state index is 0.00549. The van der Waals surface area contributed by atoms with Crippen molar-refractivity contribution in [3.63, 3.8) is 0 Å². The molecule has 0 bridgehead atoms. The van der Waals surface area contributed by atoms with Gasteiger partial charge in [0, 0.05) is 37.1 Å². The number of aromatic nitrogens is 1. The number of aryl methyl sites for hydroxylation is 1. The maximum Gasteiger partial charge on any atom is 0.227 e. The van der Waals surface area contributed by atoms with E-state index in [2.05, 4.69) is 22.0 Å². The van der Waals surface area contributed by atoms with Crippen LogP contribution in [-0.2, 0) is 11.2 Å². The second-order valence-corrected chi connectivity index (χ2v) is 8.44. The van der Waals surface area contributed by atoms with E-state index in [1.54, 1.807) is 12.4 Å². The van der Waals surface area contributed by atoms with Gasteiger partial charge in [-0.05, 0) is 53.9 Å². The van der Waals surface area contributed by atoms with Gasteiger partial charge in [0.25, 0.3) is 0 Å². The summed E-state index contributed by atoms with van der Waals surface area (Å²) in [6.45, 7) is 3.97. The second-order valence-electron chi connectivity index (χ2n) is 7.59. The first-order valence-corrected chi connectivity index (χ1v) is 10.7. The van der Waals surface area contributed by atoms with Crippen LogP contribution < -0.4 is 4.90 Å². The standard InChI is InChI=1S/C24H23Cl2N3O/c1-17-4-9-22(21(26)13-17)29-12-11-28(24(30)14-18-3-2-10-27-15-18)16-23(29)19-5-7-20(25)8-6-19/h2-10,13,15,23H,11-12,14,16H2,1H3/t23-/m0/s1. The topological polar surface area (TPSA) is 36.4 Å². The fourth-order valence-electron chi connectivity index (χ4n) is 3.90. The van der Waals surface area contributed by atoms with Gasteiger partial charge in [-0.15, -0.1) is 0 Å². The van der Waals surface area contributed by atoms with Crippen LogP contribution in [-0.4, -0.2) is 35.4 Å². The Morgan fingerprint density at radius 3 is 2.60 bits per heavy atom. The number of benzene rings is 2. The number of piperazine rings is 1. The van der Waals surface area contributed by atoms with Crippen molar-refractivity contribution < 1.29 is 4.79 Å². The molecule has 1 aromatic heterocycles. The Morgan fingerprint density at radius 2 is 1.90 bits per heavy atom. The molecule has 1 aliphatic rings. The normalized spacial score (nSPS) is 16.6. The van der Waals surface area contributed by atoms with Gasteiger partial charge in [0.1, 0.15) is 0 Å². The zero-order chi connectivity index (χ0) is 21.1. The Morgan fingerprint density at radius 1 is 1.10 bits per heavy atom. The van der Waals surface area contributed by atoms with Gasteiger partial charge in [0.2, 0.25) is 5.91 Å². The number of carbonyl (C=O) groups is 1. The summed E-state index contributed by atoms with van der Waals surface area (Å²) < 4.78 is 0. The highest BCUT2D eigenvalue weighted by atomic mass is 35.5. The Bertz CT molecular complexity index is 1020. The van der Waals surface area contributed by atoms with E-state index in [-0.39, 0.29) is 11.9 Å². The van der Waals surface area contributed by atoms with E-state index in [1.807, 2.05) is 54.3 Å². The van der Waals surface area contributed by atoms with Gasteiger partial charge < -0.3 is 9.80 Å². The molecule has 154 valence electrons. The van der Waals surface area contributed by atoms with E-state index >= 15 is 0 Å². The summed E-state index contributed by atoms with van der Waals surface area (Å²) in [6.07, 6.45) is 3.82. The van der Waals surface area contributed by atoms with Gasteiger partial charge in [-0.3, -0.25) is 9.78 Å². The minimum Gasteiger partial charge on any atom is -0.360 e. The van der Waals surface area contributed by atoms with Crippen molar-refractivity contribution in [2.24, 2.45) is 0 Å². The summed E-state index contributed by atoms with van der Waals surface area (Å²) in [5.41, 5.74) is 4.14. The largest absolute Gasteiger partial charge is 0.360 e. The summed E-state index contributed by atoms with van der Waals surface area (Å²) in [4.78, 5) is 21.3. The second kappa shape index (κ2) is 9.07. The van der Waals surface area contributed by atoms with E-state index in [4.69, 9.17) is 23.2 Å². The molecule has 0 unspecified atom stereocenters. The Balaban J connectivity index is 1.61. The van der Waals surface area contributed by atoms with Crippen molar-refractivity contribution in [3.8, 4) is 0 Å². The lowest BCUT2D eigenvalue weighted by molar-refractivity contribution is -0.131. The van der Waals surface area contributed by atoms with Gasteiger partial charge in [0.05, 0.1) is 23.2 Å². The molecule has 0 saturated carbocycles. The number of nitrogens with zero attached hydrogens (tertiary/aromatic N) is 3. The van der Waals surface area contributed by atoms with E-state index in [1.165, 1.54) is 0 Å². The van der Waals surface area contributed by atoms with Gasteiger partial charge in [-0.1, -0.05) is 47.5 Å². The molecule has 1 aliphatic heterocycles. The molecule has 1 fully saturated rings. The Hall–Kier alpha value is -2.56. The highest BCUT2D eigenvalue weighted by molar-refractivity contribution is 6.33. The number of amides is 1. The highest BCUT2D eigenvalue weighted by Crippen LogP contribution is 2.36. The quantitative estimate of drug-likeness (QED) is 0.550. The van der Waals surface area contributed by atoms with Crippen LogP contribution in [0.2, 0.25) is 10.0 Å². The van der Waals surface area contributed by atoms with Crippen molar-refractivity contribution in [3.05, 3.63) is 93.7 Å². The first-order chi connectivity index (χ1) is 14.5. The van der Waals surface area contributed by atoms with Crippen LogP contribution >= 0.6 is 23.2 Å². The molecule has 1 amide bonds. The Kier molecular flexibility index (Phi) is 6.26. The minimum atomic E-state index is -0.00549. The summed E-state index contributed by atoms with van der Waals surface area (Å²) in [5, 5.41) is 1.42. The number of hydrogen-bond acceptors (Lipinski definition) is 3. The number of rotatable bonds is 4. The summed E-state index contributed by atoms with van der Waals surface area (Å²) >= 11 is 12.7. The third-order valence-electron chi connectivity index (χ3n) is 5.48. The zero-order valence-electron chi connectivity index (χ0n) is 16.8. The van der Waals surface area contributed by atoms with E-state index in [0.29, 0.717) is 31.1 Å². The SMILES string of the molecule is Cc1ccc(N2CCN(C(=O)Cc3cccnc3)C[C@H]2c2ccc(Cl)cc2)c(Cl)c1. The molecule has 4 nitrogen and oxygen atoms in total. The molecule has 0 N–H and O–H groups in total. The lowest BCUT2D eigenvalue weighted by atomic mass is 10.0. The maximum absolute atomic E-state index is 13.0. The summed E-state index contributed by atoms with van der Waals surface area (Å²) in [7, 11) is 0. The molecule has 1 atom stereocenters. The van der Waals surface area contributed by atoms with Crippen LogP contribution in [0, 0.1) is 6.92 Å². The average molecular weight is 440 g/mol. The van der Waals surface area contributed by atoms with Crippen LogP contribution in [0.15, 0.2) is 67.0 Å². The highest BCUT2D eigenvalue weighted by Gasteiger charge is 2.31. The molecule has 0 radical (unpaired) electrons. The first kappa shape index (κ1) is 20.7. The zero-order valence-corrected chi connectivity index (χ0v) is 18.3. The van der Waals surface area contributed by atoms with Crippen molar-refractivity contribution in [1.82, 2.24) is 9.88 Å². The van der Waals surface area contributed by atoms with Crippen molar-refractivity contribution in [1.29, 1.82) is 0 Å². The molecule has 2 aromatic carbocycles. The fourth-order valence-corrected chi connectivity index (χ4v) is 4.37. The first-order valence-electron chi connectivity index (χ1n) is 9.96. The average Bonchev–Trinajstić information content (AvgIpc) is 2.75. The van der Waals surface area contributed by atoms with Crippen LogP contribution in [0.3, 0.4) is 0 Å². The lowest BCUT2D eigenvalue weighted by Crippen LogP contribution is -2.51. The molecule has 3 aromatic rings. The summed E-state index contributed by atoms with van der Waals surface area (Å²) in [5.74, 6) is 0.108. The third-order valence-corrected chi connectivity index (χ3v) is 6.03. The van der Waals surface area contributed by atoms with E-state index in [9.17, 15) is 4.79 Å². The van der Waals surface area contributed by atoms with Crippen molar-refractivity contribution in [2.45, 2.75) is 19.4 Å². The molecule has 4 rings (SSSR count). The fraction of sp³-hybridized carbons (Fsp3) is 0.250. The van der Waals surface area contributed by atoms with Crippen LogP contribution in [0.4, 0.5) is 5.69 Å². The molecule has 6 heteroatoms. The maximum atomic E-state index is 13.0. The van der Waals surface area contributed by atoms with Crippen molar-refractivity contribution >= 4 is 34.8 Å². The predicted molar refractivity (Wildman–Crippen MR) is 122 cm³/mol. The monoisotopic (exact) mass is 439 g/mol. The van der Waals surface area contributed by atoms with Gasteiger partial charge in [0.15, 0.2) is 0 Å². The number of carbonyl (C=O) groups excluding carboxylic acids is 1. The molecular formula is C24H23Cl2N3O. The number of pyridine rings is 1. The predicted octanol–water partition coefficient (Wildman–Crippen LogP) is 5.33. The number of halogens is 2. The molecular weight excluding hydrogens is 417 g/mol. The number of anilines is 1. The smallest absolute Gasteiger partial charge is 0.227 e. The Labute approximate surface area is 187 Å². The third kappa shape index (κ3) is 4.61. The molecule has 30 heavy (non-hydrogen) atoms. The van der Waals surface area contributed by atoms with Gasteiger partial charge >= 0.3 is 0 Å². The molecule has 2 heterocycles. The van der Waals surface area contributed by atoms with E-state index in [0.717, 1.165) is 27.4 Å². The van der Waals surface area contributed by atoms with Gasteiger partial charge in [-0.2, -0.15) is 0 Å². The molecule has 0 aliphatic carbocycles. The van der Waals surface area contributed by atoms with Gasteiger partial charge in [-0.25, -0.2) is 0 Å². The number of hydrogen-bond donors (Lipinski definition) is 0. The van der Waals surface area contributed by atoms with E-state index < -0.39 is 0 Å². The van der Waals surface area contributed by atoms with Crippen molar-refractivity contribution in [2.75, 3.05) is 24.5 Å².